The summed E-state index contributed by atoms with van der Waals surface area (Å²) in [5.74, 6) is -0.698. The fourth-order valence-electron chi connectivity index (χ4n) is 2.70. The van der Waals surface area contributed by atoms with Crippen LogP contribution < -0.4 is 16.0 Å². The summed E-state index contributed by atoms with van der Waals surface area (Å²) in [5, 5.41) is 18.9. The van der Waals surface area contributed by atoms with E-state index in [0.29, 0.717) is 29.0 Å². The number of benzene rings is 1. The third-order valence-corrected chi connectivity index (χ3v) is 5.13. The molecule has 6 nitrogen and oxygen atoms in total. The van der Waals surface area contributed by atoms with Crippen LogP contribution in [0, 0.1) is 0 Å². The van der Waals surface area contributed by atoms with Gasteiger partial charge < -0.3 is 21.1 Å². The highest BCUT2D eigenvalue weighted by Gasteiger charge is 2.22. The molecule has 1 heterocycles. The number of hydrogen-bond donors (Lipinski definition) is 5. The van der Waals surface area contributed by atoms with E-state index in [9.17, 15) is 14.7 Å². The average molecular weight is 384 g/mol. The van der Waals surface area contributed by atoms with Crippen LogP contribution in [0.1, 0.15) is 23.2 Å². The Kier molecular flexibility index (Phi) is 7.92. The van der Waals surface area contributed by atoms with Crippen LogP contribution in [0.5, 0.6) is 0 Å². The van der Waals surface area contributed by atoms with Crippen LogP contribution in [0.25, 0.3) is 0 Å². The van der Waals surface area contributed by atoms with Crippen molar-refractivity contribution in [3.63, 3.8) is 0 Å². The monoisotopic (exact) mass is 383 g/mol. The normalized spacial score (nSPS) is 20.9. The molecule has 1 aliphatic heterocycles. The van der Waals surface area contributed by atoms with E-state index < -0.39 is 12.0 Å². The number of thiol groups is 1. The molecule has 4 N–H and O–H groups in total. The lowest BCUT2D eigenvalue weighted by Gasteiger charge is -2.15. The lowest BCUT2D eigenvalue weighted by atomic mass is 10.1. The van der Waals surface area contributed by atoms with E-state index in [1.807, 2.05) is 12.3 Å². The van der Waals surface area contributed by atoms with Gasteiger partial charge in [0.25, 0.3) is 5.91 Å². The number of thioether (sulfide) groups is 1. The van der Waals surface area contributed by atoms with Crippen molar-refractivity contribution in [1.29, 1.82) is 0 Å². The Balaban J connectivity index is 1.92. The molecule has 0 aromatic heterocycles. The average Bonchev–Trinajstić information content (AvgIpc) is 3.02. The van der Waals surface area contributed by atoms with E-state index >= 15 is 0 Å². The van der Waals surface area contributed by atoms with Crippen molar-refractivity contribution in [2.45, 2.75) is 30.2 Å². The Morgan fingerprint density at radius 3 is 2.92 bits per heavy atom. The van der Waals surface area contributed by atoms with Crippen LogP contribution in [-0.2, 0) is 4.79 Å². The Bertz CT molecular complexity index is 600. The van der Waals surface area contributed by atoms with E-state index in [1.165, 1.54) is 0 Å². The van der Waals surface area contributed by atoms with Gasteiger partial charge in [-0.25, -0.2) is 4.79 Å². The Morgan fingerprint density at radius 2 is 2.28 bits per heavy atom. The van der Waals surface area contributed by atoms with Gasteiger partial charge in [0.2, 0.25) is 0 Å². The summed E-state index contributed by atoms with van der Waals surface area (Å²) in [6.45, 7) is 1.66. The SMILES string of the molecule is CSCCC(NC(=O)c1cccc(NC[C@@H]2CC(S)CN2)c1)C(=O)O. The predicted molar refractivity (Wildman–Crippen MR) is 106 cm³/mol. The molecule has 138 valence electrons. The summed E-state index contributed by atoms with van der Waals surface area (Å²) in [4.78, 5) is 23.6. The zero-order chi connectivity index (χ0) is 18.2. The van der Waals surface area contributed by atoms with E-state index in [2.05, 4.69) is 28.6 Å². The minimum atomic E-state index is -1.01. The van der Waals surface area contributed by atoms with Crippen molar-refractivity contribution in [1.82, 2.24) is 10.6 Å². The minimum Gasteiger partial charge on any atom is -0.480 e. The summed E-state index contributed by atoms with van der Waals surface area (Å²) < 4.78 is 0. The molecule has 0 saturated carbocycles. The van der Waals surface area contributed by atoms with E-state index in [0.717, 1.165) is 25.2 Å². The van der Waals surface area contributed by atoms with Crippen molar-refractivity contribution >= 4 is 42.0 Å². The maximum absolute atomic E-state index is 12.3. The molecule has 0 aliphatic carbocycles. The maximum Gasteiger partial charge on any atom is 0.326 e. The van der Waals surface area contributed by atoms with E-state index in [-0.39, 0.29) is 5.91 Å². The second-order valence-electron chi connectivity index (χ2n) is 6.10. The number of anilines is 1. The standard InChI is InChI=1S/C17H25N3O3S2/c1-25-6-5-15(17(22)23)20-16(21)11-3-2-4-12(7-11)18-9-13-8-14(24)10-19-13/h2-4,7,13-15,18-19,24H,5-6,8-10H2,1H3,(H,20,21)(H,22,23)/t13-,14?,15?/m0/s1. The molecular weight excluding hydrogens is 358 g/mol. The zero-order valence-corrected chi connectivity index (χ0v) is 15.9. The van der Waals surface area contributed by atoms with E-state index in [4.69, 9.17) is 0 Å². The van der Waals surface area contributed by atoms with Crippen molar-refractivity contribution in [3.05, 3.63) is 29.8 Å². The van der Waals surface area contributed by atoms with Crippen LogP contribution in [-0.4, -0.2) is 59.4 Å². The van der Waals surface area contributed by atoms with Crippen LogP contribution in [0.3, 0.4) is 0 Å². The van der Waals surface area contributed by atoms with Gasteiger partial charge in [0.1, 0.15) is 6.04 Å². The first-order chi connectivity index (χ1) is 12.0. The molecule has 2 rings (SSSR count). The van der Waals surface area contributed by atoms with Gasteiger partial charge in [-0.3, -0.25) is 4.79 Å². The first-order valence-electron chi connectivity index (χ1n) is 8.27. The Labute approximate surface area is 157 Å². The molecule has 0 spiro atoms. The van der Waals surface area contributed by atoms with Gasteiger partial charge in [-0.1, -0.05) is 6.07 Å². The van der Waals surface area contributed by atoms with Gasteiger partial charge >= 0.3 is 5.97 Å². The summed E-state index contributed by atoms with van der Waals surface area (Å²) in [6.07, 6.45) is 3.31. The van der Waals surface area contributed by atoms with Gasteiger partial charge in [-0.2, -0.15) is 24.4 Å². The molecule has 25 heavy (non-hydrogen) atoms. The van der Waals surface area contributed by atoms with Gasteiger partial charge in [-0.05, 0) is 43.0 Å². The molecule has 0 radical (unpaired) electrons. The molecule has 1 aromatic rings. The number of aliphatic carboxylic acids is 1. The number of carboxylic acids is 1. The zero-order valence-electron chi connectivity index (χ0n) is 14.2. The smallest absolute Gasteiger partial charge is 0.326 e. The quantitative estimate of drug-likeness (QED) is 0.417. The van der Waals surface area contributed by atoms with Crippen LogP contribution >= 0.6 is 24.4 Å². The third kappa shape index (κ3) is 6.45. The third-order valence-electron chi connectivity index (χ3n) is 4.09. The number of carbonyl (C=O) groups excluding carboxylic acids is 1. The molecule has 1 aromatic carbocycles. The van der Waals surface area contributed by atoms with Crippen molar-refractivity contribution in [3.8, 4) is 0 Å². The number of hydrogen-bond acceptors (Lipinski definition) is 6. The molecule has 8 heteroatoms. The fraction of sp³-hybridized carbons (Fsp3) is 0.529. The lowest BCUT2D eigenvalue weighted by Crippen LogP contribution is -2.41. The molecule has 2 unspecified atom stereocenters. The molecule has 0 bridgehead atoms. The largest absolute Gasteiger partial charge is 0.480 e. The van der Waals surface area contributed by atoms with Crippen LogP contribution in [0.2, 0.25) is 0 Å². The first kappa shape index (κ1) is 19.9. The Hall–Kier alpha value is -1.38. The summed E-state index contributed by atoms with van der Waals surface area (Å²) in [7, 11) is 0. The van der Waals surface area contributed by atoms with Gasteiger partial charge in [0.15, 0.2) is 0 Å². The van der Waals surface area contributed by atoms with Gasteiger partial charge in [0.05, 0.1) is 0 Å². The topological polar surface area (TPSA) is 90.5 Å². The number of amides is 1. The van der Waals surface area contributed by atoms with Crippen molar-refractivity contribution in [2.24, 2.45) is 0 Å². The summed E-state index contributed by atoms with van der Waals surface area (Å²) in [6, 6.07) is 6.61. The summed E-state index contributed by atoms with van der Waals surface area (Å²) >= 11 is 6.01. The number of nitrogens with one attached hydrogen (secondary N) is 3. The van der Waals surface area contributed by atoms with E-state index in [1.54, 1.807) is 30.0 Å². The fourth-order valence-corrected chi connectivity index (χ4v) is 3.53. The molecule has 3 atom stereocenters. The highest BCUT2D eigenvalue weighted by atomic mass is 32.2. The number of carboxylic acid groups (broad SMARTS) is 1. The maximum atomic E-state index is 12.3. The summed E-state index contributed by atoms with van der Waals surface area (Å²) in [5.41, 5.74) is 1.29. The molecule has 1 aliphatic rings. The minimum absolute atomic E-state index is 0.364. The molecular formula is C17H25N3O3S2. The molecule has 1 amide bonds. The lowest BCUT2D eigenvalue weighted by molar-refractivity contribution is -0.139. The number of rotatable bonds is 9. The Morgan fingerprint density at radius 1 is 1.48 bits per heavy atom. The second kappa shape index (κ2) is 9.94. The number of carbonyl (C=O) groups is 2. The molecule has 1 fully saturated rings. The highest BCUT2D eigenvalue weighted by Crippen LogP contribution is 2.15. The second-order valence-corrected chi connectivity index (χ2v) is 7.82. The van der Waals surface area contributed by atoms with Gasteiger partial charge in [0, 0.05) is 35.6 Å². The van der Waals surface area contributed by atoms with Gasteiger partial charge in [-0.15, -0.1) is 0 Å². The molecule has 1 saturated heterocycles. The van der Waals surface area contributed by atoms with Crippen molar-refractivity contribution < 1.29 is 14.7 Å². The van der Waals surface area contributed by atoms with Crippen LogP contribution in [0.15, 0.2) is 24.3 Å². The predicted octanol–water partition coefficient (Wildman–Crippen LogP) is 1.69. The van der Waals surface area contributed by atoms with Crippen LogP contribution in [0.4, 0.5) is 5.69 Å². The first-order valence-corrected chi connectivity index (χ1v) is 10.2. The van der Waals surface area contributed by atoms with Crippen molar-refractivity contribution in [2.75, 3.05) is 30.4 Å². The highest BCUT2D eigenvalue weighted by molar-refractivity contribution is 7.98.